The molecule has 0 saturated carbocycles. The van der Waals surface area contributed by atoms with Crippen molar-refractivity contribution in [2.24, 2.45) is 17.1 Å². The quantitative estimate of drug-likeness (QED) is 0.0482. The molecule has 21 nitrogen and oxygen atoms in total. The van der Waals surface area contributed by atoms with Crippen molar-refractivity contribution in [3.63, 3.8) is 0 Å². The third-order valence-corrected chi connectivity index (χ3v) is 11.6. The number of hydrogen-bond acceptors (Lipinski definition) is 11. The summed E-state index contributed by atoms with van der Waals surface area (Å²) in [5, 5.41) is 40.9. The first-order chi connectivity index (χ1) is 34.2. The number of benzene rings is 2. The van der Waals surface area contributed by atoms with Gasteiger partial charge in [-0.25, -0.2) is 13.6 Å². The summed E-state index contributed by atoms with van der Waals surface area (Å²) in [5.41, 5.74) is 5.90. The van der Waals surface area contributed by atoms with Gasteiger partial charge in [-0.1, -0.05) is 65.0 Å². The van der Waals surface area contributed by atoms with Gasteiger partial charge in [0.1, 0.15) is 36.4 Å². The Kier molecular flexibility index (Phi) is 22.8. The van der Waals surface area contributed by atoms with Gasteiger partial charge >= 0.3 is 11.9 Å². The number of carbonyl (C=O) groups excluding carboxylic acids is 8. The summed E-state index contributed by atoms with van der Waals surface area (Å²) < 4.78 is 31.7. The van der Waals surface area contributed by atoms with E-state index < -0.39 is 164 Å². The lowest BCUT2D eigenvalue weighted by molar-refractivity contribution is -0.143. The van der Waals surface area contributed by atoms with Gasteiger partial charge in [-0.15, -0.1) is 0 Å². The zero-order valence-corrected chi connectivity index (χ0v) is 41.7. The normalized spacial score (nSPS) is 13.7. The molecule has 0 aliphatic heterocycles. The number of aliphatic carboxylic acids is 2. The van der Waals surface area contributed by atoms with Crippen LogP contribution in [0.4, 0.5) is 8.78 Å². The molecular formula is C50H66F2N8O13. The van der Waals surface area contributed by atoms with E-state index in [2.05, 4.69) is 26.6 Å². The maximum Gasteiger partial charge on any atom is 0.326 e. The van der Waals surface area contributed by atoms with Gasteiger partial charge in [-0.05, 0) is 55.0 Å². The molecule has 0 aliphatic rings. The lowest BCUT2D eigenvalue weighted by Gasteiger charge is -2.41. The number of amides is 7. The number of rotatable bonds is 29. The molecule has 1 heterocycles. The van der Waals surface area contributed by atoms with E-state index in [-0.39, 0.29) is 30.5 Å². The number of carbonyl (C=O) groups is 10. The second kappa shape index (κ2) is 27.9. The highest BCUT2D eigenvalue weighted by Crippen LogP contribution is 2.41. The SMILES string of the molecule is CCC(=O)N[C@@H](C)C(=O)C[C@H](C)C(=O)N[C@@H](CC(N)=O)C(=O)N[C@@H](CCN(C(=O)CO)[C@@H](c1cc(-c2cc(F)ccc2F)cn1Cc1ccccc1)C(C)(C)C)C(=O)NCCC(=O)N[C@H](CCC(=O)O)C(=O)O. The average molecular weight is 1030 g/mol. The minimum atomic E-state index is -1.74. The predicted molar refractivity (Wildman–Crippen MR) is 259 cm³/mol. The average Bonchev–Trinajstić information content (AvgIpc) is 3.72. The van der Waals surface area contributed by atoms with Crippen LogP contribution in [0.3, 0.4) is 0 Å². The number of aliphatic hydroxyl groups excluding tert-OH is 1. The molecule has 398 valence electrons. The highest BCUT2D eigenvalue weighted by Gasteiger charge is 2.39. The third-order valence-electron chi connectivity index (χ3n) is 11.6. The van der Waals surface area contributed by atoms with Crippen molar-refractivity contribution < 1.29 is 72.0 Å². The number of Topliss-reactive ketones (excluding diaryl/α,β-unsaturated/α-hetero) is 1. The molecule has 73 heavy (non-hydrogen) atoms. The van der Waals surface area contributed by atoms with Gasteiger partial charge in [0, 0.05) is 74.3 Å². The first kappa shape index (κ1) is 59.7. The number of nitrogens with one attached hydrogen (secondary N) is 5. The largest absolute Gasteiger partial charge is 0.481 e. The van der Waals surface area contributed by atoms with Crippen LogP contribution >= 0.6 is 0 Å². The van der Waals surface area contributed by atoms with Crippen molar-refractivity contribution >= 4 is 59.1 Å². The monoisotopic (exact) mass is 1020 g/mol. The maximum atomic E-state index is 15.3. The van der Waals surface area contributed by atoms with Crippen molar-refractivity contribution in [2.45, 2.75) is 123 Å². The molecule has 0 fully saturated rings. The number of carboxylic acid groups (broad SMARTS) is 2. The van der Waals surface area contributed by atoms with E-state index in [0.29, 0.717) is 5.69 Å². The van der Waals surface area contributed by atoms with Crippen LogP contribution in [0.2, 0.25) is 0 Å². The van der Waals surface area contributed by atoms with E-state index in [0.717, 1.165) is 23.8 Å². The standard InChI is InChI=1S/C50H66F2N8O13/c1-7-41(64)55-29(3)39(62)21-28(2)46(69)58-37(24-40(53)63)48(71)57-35(47(70)54-19-17-42(65)56-36(49(72)73)15-16-44(67)68)18-20-60(43(66)27-61)45(50(4,5)6)38-22-31(33-23-32(51)13-14-34(33)52)26-59(38)25-30-11-9-8-10-12-30/h8-14,22-23,26,28-29,35-37,45,61H,7,15-21,24-25,27H2,1-6H3,(H2,53,63)(H,54,70)(H,55,64)(H,56,65)(H,57,71)(H,58,69)(H,67,68)(H,72,73)/t28-,29-,35-,36+,37-,45-/m0/s1. The van der Waals surface area contributed by atoms with Gasteiger partial charge in [0.2, 0.25) is 41.4 Å². The second-order valence-electron chi connectivity index (χ2n) is 18.6. The lowest BCUT2D eigenvalue weighted by atomic mass is 9.82. The van der Waals surface area contributed by atoms with Crippen LogP contribution in [0.25, 0.3) is 11.1 Å². The van der Waals surface area contributed by atoms with Crippen molar-refractivity contribution in [1.29, 1.82) is 0 Å². The molecule has 0 aliphatic carbocycles. The van der Waals surface area contributed by atoms with Crippen LogP contribution in [0, 0.1) is 23.0 Å². The van der Waals surface area contributed by atoms with Gasteiger partial charge in [-0.2, -0.15) is 0 Å². The van der Waals surface area contributed by atoms with Gasteiger partial charge in [0.05, 0.1) is 18.5 Å². The summed E-state index contributed by atoms with van der Waals surface area (Å²) in [6.45, 7) is 7.96. The molecule has 1 aromatic heterocycles. The molecule has 6 atom stereocenters. The molecule has 0 radical (unpaired) electrons. The predicted octanol–water partition coefficient (Wildman–Crippen LogP) is 2.08. The van der Waals surface area contributed by atoms with Crippen molar-refractivity contribution in [3.05, 3.63) is 83.7 Å². The van der Waals surface area contributed by atoms with Crippen LogP contribution in [0.15, 0.2) is 60.8 Å². The van der Waals surface area contributed by atoms with Crippen LogP contribution < -0.4 is 32.3 Å². The Morgan fingerprint density at radius 2 is 1.42 bits per heavy atom. The molecule has 0 unspecified atom stereocenters. The molecular weight excluding hydrogens is 959 g/mol. The summed E-state index contributed by atoms with van der Waals surface area (Å²) in [5.74, 6) is -12.0. The highest BCUT2D eigenvalue weighted by atomic mass is 19.1. The fraction of sp³-hybridized carbons (Fsp3) is 0.480. The molecule has 2 aromatic carbocycles. The number of halogens is 2. The topological polar surface area (TPSA) is 326 Å². The Bertz CT molecular complexity index is 2480. The maximum absolute atomic E-state index is 15.3. The molecule has 0 bridgehead atoms. The fourth-order valence-electron chi connectivity index (χ4n) is 7.84. The Balaban J connectivity index is 2.06. The summed E-state index contributed by atoms with van der Waals surface area (Å²) in [7, 11) is 0. The molecule has 10 N–H and O–H groups in total. The number of primary amides is 1. The van der Waals surface area contributed by atoms with Crippen LogP contribution in [0.1, 0.15) is 104 Å². The van der Waals surface area contributed by atoms with Crippen LogP contribution in [-0.4, -0.2) is 128 Å². The number of carboxylic acids is 2. The number of aliphatic hydroxyl groups is 1. The zero-order valence-electron chi connectivity index (χ0n) is 41.7. The summed E-state index contributed by atoms with van der Waals surface area (Å²) in [6, 6.07) is 6.69. The van der Waals surface area contributed by atoms with Crippen LogP contribution in [-0.2, 0) is 54.5 Å². The van der Waals surface area contributed by atoms with E-state index in [1.54, 1.807) is 62.7 Å². The number of nitrogens with zero attached hydrogens (tertiary/aromatic N) is 2. The van der Waals surface area contributed by atoms with Gasteiger partial charge in [0.15, 0.2) is 5.78 Å². The summed E-state index contributed by atoms with van der Waals surface area (Å²) >= 11 is 0. The number of hydrogen-bond donors (Lipinski definition) is 9. The minimum absolute atomic E-state index is 0.0822. The molecule has 3 rings (SSSR count). The Hall–Kier alpha value is -7.56. The Morgan fingerprint density at radius 1 is 0.767 bits per heavy atom. The van der Waals surface area contributed by atoms with Gasteiger partial charge in [-0.3, -0.25) is 43.2 Å². The van der Waals surface area contributed by atoms with Crippen molar-refractivity contribution in [1.82, 2.24) is 36.1 Å². The van der Waals surface area contributed by atoms with E-state index in [4.69, 9.17) is 10.8 Å². The van der Waals surface area contributed by atoms with Crippen LogP contribution in [0.5, 0.6) is 0 Å². The van der Waals surface area contributed by atoms with E-state index in [9.17, 15) is 62.5 Å². The first-order valence-corrected chi connectivity index (χ1v) is 23.6. The second-order valence-corrected chi connectivity index (χ2v) is 18.6. The molecule has 7 amide bonds. The highest BCUT2D eigenvalue weighted by molar-refractivity contribution is 5.97. The summed E-state index contributed by atoms with van der Waals surface area (Å²) in [4.78, 5) is 129. The van der Waals surface area contributed by atoms with E-state index in [1.165, 1.54) is 18.7 Å². The van der Waals surface area contributed by atoms with Crippen molar-refractivity contribution in [3.8, 4) is 11.1 Å². The van der Waals surface area contributed by atoms with E-state index in [1.807, 2.05) is 12.1 Å². The molecule has 23 heteroatoms. The number of ketones is 1. The third kappa shape index (κ3) is 18.9. The first-order valence-electron chi connectivity index (χ1n) is 23.6. The molecule has 0 saturated heterocycles. The van der Waals surface area contributed by atoms with Gasteiger partial charge in [0.25, 0.3) is 0 Å². The smallest absolute Gasteiger partial charge is 0.326 e. The lowest BCUT2D eigenvalue weighted by Crippen LogP contribution is -2.56. The Morgan fingerprint density at radius 3 is 2.01 bits per heavy atom. The van der Waals surface area contributed by atoms with Gasteiger partial charge < -0.3 is 57.1 Å². The summed E-state index contributed by atoms with van der Waals surface area (Å²) in [6.07, 6.45) is -1.48. The molecule has 0 spiro atoms. The minimum Gasteiger partial charge on any atom is -0.481 e. The number of aromatic nitrogens is 1. The zero-order chi connectivity index (χ0) is 54.7. The van der Waals surface area contributed by atoms with E-state index >= 15 is 4.39 Å². The fourth-order valence-corrected chi connectivity index (χ4v) is 7.84. The number of nitrogens with two attached hydrogens (primary N) is 1. The van der Waals surface area contributed by atoms with Crippen molar-refractivity contribution in [2.75, 3.05) is 19.7 Å². The Labute approximate surface area is 421 Å². The molecule has 3 aromatic rings.